The maximum atomic E-state index is 12.5. The van der Waals surface area contributed by atoms with Crippen LogP contribution in [0.4, 0.5) is 5.95 Å². The topological polar surface area (TPSA) is 77.0 Å². The molecule has 0 aliphatic heterocycles. The fourth-order valence-electron chi connectivity index (χ4n) is 2.71. The summed E-state index contributed by atoms with van der Waals surface area (Å²) in [6, 6.07) is 17.6. The standard InChI is InChI=1S/C19H21N5O/c1-3-23-17(16-12-8-7-9-14(16)2)21-18(22-19(23)25)24(20)13-15-10-5-4-6-11-15/h4-12H,3,13,20H2,1-2H3. The fraction of sp³-hybridized carbons (Fsp3) is 0.211. The first kappa shape index (κ1) is 16.9. The summed E-state index contributed by atoms with van der Waals surface area (Å²) in [4.78, 5) is 21.1. The van der Waals surface area contributed by atoms with Gasteiger partial charge in [-0.1, -0.05) is 54.6 Å². The van der Waals surface area contributed by atoms with E-state index in [-0.39, 0.29) is 11.6 Å². The molecule has 0 atom stereocenters. The van der Waals surface area contributed by atoms with Crippen LogP contribution in [0.1, 0.15) is 18.1 Å². The number of hydrazine groups is 1. The average Bonchev–Trinajstić information content (AvgIpc) is 2.62. The van der Waals surface area contributed by atoms with Crippen LogP contribution in [0.5, 0.6) is 0 Å². The lowest BCUT2D eigenvalue weighted by molar-refractivity contribution is 0.671. The van der Waals surface area contributed by atoms with Crippen LogP contribution >= 0.6 is 0 Å². The molecule has 0 radical (unpaired) electrons. The second kappa shape index (κ2) is 7.27. The zero-order valence-corrected chi connectivity index (χ0v) is 14.4. The van der Waals surface area contributed by atoms with Crippen LogP contribution in [0, 0.1) is 6.92 Å². The summed E-state index contributed by atoms with van der Waals surface area (Å²) in [5.41, 5.74) is 2.61. The first-order valence-electron chi connectivity index (χ1n) is 8.21. The van der Waals surface area contributed by atoms with Gasteiger partial charge in [0, 0.05) is 12.1 Å². The number of hydrogen-bond donors (Lipinski definition) is 1. The van der Waals surface area contributed by atoms with Crippen molar-refractivity contribution in [2.24, 2.45) is 5.84 Å². The van der Waals surface area contributed by atoms with Crippen LogP contribution in [-0.4, -0.2) is 14.5 Å². The summed E-state index contributed by atoms with van der Waals surface area (Å²) in [6.07, 6.45) is 0. The Morgan fingerprint density at radius 3 is 2.40 bits per heavy atom. The van der Waals surface area contributed by atoms with Gasteiger partial charge < -0.3 is 0 Å². The van der Waals surface area contributed by atoms with Gasteiger partial charge in [-0.25, -0.2) is 10.6 Å². The summed E-state index contributed by atoms with van der Waals surface area (Å²) in [7, 11) is 0. The molecule has 1 aromatic heterocycles. The zero-order valence-electron chi connectivity index (χ0n) is 14.4. The van der Waals surface area contributed by atoms with Crippen molar-refractivity contribution in [3.05, 3.63) is 76.2 Å². The minimum atomic E-state index is -0.353. The maximum absolute atomic E-state index is 12.5. The molecule has 0 aliphatic rings. The predicted octanol–water partition coefficient (Wildman–Crippen LogP) is 2.51. The van der Waals surface area contributed by atoms with Crippen LogP contribution < -0.4 is 16.5 Å². The van der Waals surface area contributed by atoms with Gasteiger partial charge in [-0.2, -0.15) is 9.97 Å². The van der Waals surface area contributed by atoms with Gasteiger partial charge in [0.15, 0.2) is 0 Å². The lowest BCUT2D eigenvalue weighted by Gasteiger charge is -2.19. The van der Waals surface area contributed by atoms with Gasteiger partial charge in [-0.3, -0.25) is 9.58 Å². The lowest BCUT2D eigenvalue weighted by atomic mass is 10.1. The molecule has 3 rings (SSSR count). The van der Waals surface area contributed by atoms with E-state index in [2.05, 4.69) is 9.97 Å². The van der Waals surface area contributed by atoms with Crippen molar-refractivity contribution >= 4 is 5.95 Å². The van der Waals surface area contributed by atoms with E-state index < -0.39 is 0 Å². The predicted molar refractivity (Wildman–Crippen MR) is 99.0 cm³/mol. The molecule has 2 aromatic carbocycles. The molecular weight excluding hydrogens is 314 g/mol. The number of benzene rings is 2. The Labute approximate surface area is 146 Å². The molecule has 6 nitrogen and oxygen atoms in total. The highest BCUT2D eigenvalue weighted by Crippen LogP contribution is 2.21. The third-order valence-corrected chi connectivity index (χ3v) is 4.04. The lowest BCUT2D eigenvalue weighted by Crippen LogP contribution is -2.36. The van der Waals surface area contributed by atoms with Crippen molar-refractivity contribution in [1.82, 2.24) is 14.5 Å². The fourth-order valence-corrected chi connectivity index (χ4v) is 2.71. The van der Waals surface area contributed by atoms with Crippen LogP contribution in [0.25, 0.3) is 11.4 Å². The van der Waals surface area contributed by atoms with Gasteiger partial charge >= 0.3 is 5.69 Å². The molecule has 0 unspecified atom stereocenters. The molecule has 3 aromatic rings. The number of anilines is 1. The SMILES string of the molecule is CCn1c(-c2ccccc2C)nc(N(N)Cc2ccccc2)nc1=O. The maximum Gasteiger partial charge on any atom is 0.352 e. The normalized spacial score (nSPS) is 10.7. The first-order valence-corrected chi connectivity index (χ1v) is 8.21. The zero-order chi connectivity index (χ0) is 17.8. The molecule has 0 aliphatic carbocycles. The van der Waals surface area contributed by atoms with E-state index in [1.807, 2.05) is 68.4 Å². The van der Waals surface area contributed by atoms with E-state index in [0.717, 1.165) is 16.7 Å². The second-order valence-electron chi connectivity index (χ2n) is 5.80. The minimum Gasteiger partial charge on any atom is -0.276 e. The van der Waals surface area contributed by atoms with Gasteiger partial charge in [-0.15, -0.1) is 0 Å². The van der Waals surface area contributed by atoms with Crippen molar-refractivity contribution in [2.45, 2.75) is 26.9 Å². The Hall–Kier alpha value is -2.99. The Morgan fingerprint density at radius 2 is 1.72 bits per heavy atom. The molecule has 2 N–H and O–H groups in total. The van der Waals surface area contributed by atoms with Crippen LogP contribution in [0.3, 0.4) is 0 Å². The molecule has 128 valence electrons. The number of hydrogen-bond acceptors (Lipinski definition) is 5. The Kier molecular flexibility index (Phi) is 4.90. The second-order valence-corrected chi connectivity index (χ2v) is 5.80. The summed E-state index contributed by atoms with van der Waals surface area (Å²) in [5, 5.41) is 1.40. The molecule has 1 heterocycles. The highest BCUT2D eigenvalue weighted by molar-refractivity contribution is 5.61. The smallest absolute Gasteiger partial charge is 0.276 e. The summed E-state index contributed by atoms with van der Waals surface area (Å²) >= 11 is 0. The number of aromatic nitrogens is 3. The van der Waals surface area contributed by atoms with E-state index in [9.17, 15) is 4.79 Å². The van der Waals surface area contributed by atoms with E-state index >= 15 is 0 Å². The summed E-state index contributed by atoms with van der Waals surface area (Å²) < 4.78 is 1.56. The van der Waals surface area contributed by atoms with Crippen molar-refractivity contribution in [1.29, 1.82) is 0 Å². The van der Waals surface area contributed by atoms with Crippen molar-refractivity contribution in [3.63, 3.8) is 0 Å². The molecular formula is C19H21N5O. The van der Waals surface area contributed by atoms with Gasteiger partial charge in [0.25, 0.3) is 0 Å². The molecule has 25 heavy (non-hydrogen) atoms. The summed E-state index contributed by atoms with van der Waals surface area (Å²) in [6.45, 7) is 4.80. The molecule has 0 amide bonds. The Bertz CT molecular complexity index is 921. The highest BCUT2D eigenvalue weighted by atomic mass is 16.1. The molecule has 0 saturated carbocycles. The van der Waals surface area contributed by atoms with Crippen molar-refractivity contribution in [2.75, 3.05) is 5.01 Å². The van der Waals surface area contributed by atoms with Gasteiger partial charge in [0.05, 0.1) is 6.54 Å². The van der Waals surface area contributed by atoms with Gasteiger partial charge in [0.2, 0.25) is 5.95 Å². The monoisotopic (exact) mass is 335 g/mol. The first-order chi connectivity index (χ1) is 12.1. The summed E-state index contributed by atoms with van der Waals surface area (Å²) in [5.74, 6) is 6.93. The Morgan fingerprint density at radius 1 is 1.04 bits per heavy atom. The molecule has 6 heteroatoms. The number of aryl methyl sites for hydroxylation is 1. The largest absolute Gasteiger partial charge is 0.352 e. The third-order valence-electron chi connectivity index (χ3n) is 4.04. The molecule has 0 bridgehead atoms. The average molecular weight is 335 g/mol. The van der Waals surface area contributed by atoms with Crippen molar-refractivity contribution in [3.8, 4) is 11.4 Å². The van der Waals surface area contributed by atoms with Gasteiger partial charge in [-0.05, 0) is 25.0 Å². The van der Waals surface area contributed by atoms with E-state index in [1.165, 1.54) is 5.01 Å². The highest BCUT2D eigenvalue weighted by Gasteiger charge is 2.15. The van der Waals surface area contributed by atoms with E-state index in [4.69, 9.17) is 5.84 Å². The molecule has 0 fully saturated rings. The number of nitrogens with two attached hydrogens (primary N) is 1. The van der Waals surface area contributed by atoms with E-state index in [1.54, 1.807) is 4.57 Å². The van der Waals surface area contributed by atoms with Crippen molar-refractivity contribution < 1.29 is 0 Å². The number of rotatable bonds is 5. The van der Waals surface area contributed by atoms with E-state index in [0.29, 0.717) is 18.9 Å². The Balaban J connectivity index is 2.05. The minimum absolute atomic E-state index is 0.219. The molecule has 0 saturated heterocycles. The van der Waals surface area contributed by atoms with Crippen LogP contribution in [0.15, 0.2) is 59.4 Å². The quantitative estimate of drug-likeness (QED) is 0.573. The van der Waals surface area contributed by atoms with Crippen LogP contribution in [0.2, 0.25) is 0 Å². The number of nitrogens with zero attached hydrogens (tertiary/aromatic N) is 4. The van der Waals surface area contributed by atoms with Crippen LogP contribution in [-0.2, 0) is 13.1 Å². The third kappa shape index (κ3) is 3.59. The van der Waals surface area contributed by atoms with Gasteiger partial charge in [0.1, 0.15) is 5.82 Å². The molecule has 0 spiro atoms.